The predicted octanol–water partition coefficient (Wildman–Crippen LogP) is 4.11. The average Bonchev–Trinajstić information content (AvgIpc) is 2.97. The summed E-state index contributed by atoms with van der Waals surface area (Å²) in [6, 6.07) is 17.8. The number of benzene rings is 3. The van der Waals surface area contributed by atoms with Crippen molar-refractivity contribution in [3.63, 3.8) is 0 Å². The van der Waals surface area contributed by atoms with Gasteiger partial charge in [-0.2, -0.15) is 4.98 Å². The predicted molar refractivity (Wildman–Crippen MR) is 147 cm³/mol. The highest BCUT2D eigenvalue weighted by Crippen LogP contribution is 2.40. The molecule has 0 unspecified atom stereocenters. The second-order valence-electron chi connectivity index (χ2n) is 7.79. The quantitative estimate of drug-likeness (QED) is 0.131. The molecule has 0 bridgehead atoms. The summed E-state index contributed by atoms with van der Waals surface area (Å²) in [6.45, 7) is 0. The van der Waals surface area contributed by atoms with Crippen molar-refractivity contribution < 1.29 is 23.7 Å². The number of hydrogen-bond donors (Lipinski definition) is 5. The molecule has 0 atom stereocenters. The molecule has 0 amide bonds. The first kappa shape index (κ1) is 26.8. The van der Waals surface area contributed by atoms with Crippen molar-refractivity contribution in [2.45, 2.75) is 0 Å². The molecular weight excluding hydrogens is 504 g/mol. The number of nitrogens with zero attached hydrogens (tertiary/aromatic N) is 3. The molecular formula is C26H28N8O5. The van der Waals surface area contributed by atoms with Crippen LogP contribution in [0.2, 0.25) is 0 Å². The first-order valence-corrected chi connectivity index (χ1v) is 11.6. The molecule has 0 saturated heterocycles. The van der Waals surface area contributed by atoms with Gasteiger partial charge < -0.3 is 40.4 Å². The van der Waals surface area contributed by atoms with E-state index in [0.717, 1.165) is 0 Å². The van der Waals surface area contributed by atoms with E-state index >= 15 is 0 Å². The van der Waals surface area contributed by atoms with Crippen LogP contribution in [-0.4, -0.2) is 49.4 Å². The zero-order valence-corrected chi connectivity index (χ0v) is 21.7. The van der Waals surface area contributed by atoms with E-state index < -0.39 is 5.97 Å². The van der Waals surface area contributed by atoms with Crippen LogP contribution in [0, 0.1) is 0 Å². The van der Waals surface area contributed by atoms with E-state index in [2.05, 4.69) is 42.0 Å². The number of hydrazine groups is 2. The van der Waals surface area contributed by atoms with E-state index in [1.54, 1.807) is 50.6 Å². The highest BCUT2D eigenvalue weighted by Gasteiger charge is 2.14. The normalized spacial score (nSPS) is 10.3. The molecule has 0 aliphatic heterocycles. The lowest BCUT2D eigenvalue weighted by atomic mass is 10.2. The van der Waals surface area contributed by atoms with Gasteiger partial charge in [0.15, 0.2) is 11.5 Å². The lowest BCUT2D eigenvalue weighted by Crippen LogP contribution is -2.28. The molecule has 0 fully saturated rings. The van der Waals surface area contributed by atoms with Crippen LogP contribution in [-0.2, 0) is 4.74 Å². The third-order valence-corrected chi connectivity index (χ3v) is 5.35. The summed E-state index contributed by atoms with van der Waals surface area (Å²) in [5.41, 5.74) is 12.1. The maximum Gasteiger partial charge on any atom is 0.337 e. The zero-order valence-electron chi connectivity index (χ0n) is 21.7. The smallest absolute Gasteiger partial charge is 0.337 e. The Morgan fingerprint density at radius 3 is 2.08 bits per heavy atom. The number of carbonyl (C=O) groups is 1. The van der Waals surface area contributed by atoms with E-state index in [-0.39, 0.29) is 0 Å². The summed E-state index contributed by atoms with van der Waals surface area (Å²) in [5.74, 6) is 1.66. The van der Waals surface area contributed by atoms with Crippen LogP contribution in [0.3, 0.4) is 0 Å². The number of nitrogens with one attached hydrogen (secondary N) is 5. The highest BCUT2D eigenvalue weighted by atomic mass is 16.5. The minimum Gasteiger partial charge on any atom is -0.493 e. The maximum atomic E-state index is 11.8. The van der Waals surface area contributed by atoms with Gasteiger partial charge in [-0.25, -0.2) is 14.8 Å². The monoisotopic (exact) mass is 532 g/mol. The summed E-state index contributed by atoms with van der Waals surface area (Å²) < 4.78 is 20.9. The fourth-order valence-corrected chi connectivity index (χ4v) is 3.53. The molecule has 13 heteroatoms. The number of ether oxygens (including phenoxy) is 4. The largest absolute Gasteiger partial charge is 0.493 e. The Balaban J connectivity index is 1.44. The minimum atomic E-state index is -0.419. The Kier molecular flexibility index (Phi) is 8.77. The van der Waals surface area contributed by atoms with E-state index in [1.165, 1.54) is 20.5 Å². The topological polar surface area (TPSA) is 153 Å². The summed E-state index contributed by atoms with van der Waals surface area (Å²) in [4.78, 5) is 24.6. The molecule has 5 N–H and O–H groups in total. The van der Waals surface area contributed by atoms with Crippen molar-refractivity contribution in [2.24, 2.45) is 0 Å². The Labute approximate surface area is 224 Å². The molecule has 4 aromatic rings. The van der Waals surface area contributed by atoms with Crippen molar-refractivity contribution in [1.82, 2.24) is 20.5 Å². The summed E-state index contributed by atoms with van der Waals surface area (Å²) in [7, 11) is 5.96. The molecule has 39 heavy (non-hydrogen) atoms. The Hall–Kier alpha value is -5.30. The number of hydrogen-bond acceptors (Lipinski definition) is 13. The lowest BCUT2D eigenvalue weighted by molar-refractivity contribution is 0.0601. The standard InChI is InChI=1S/C26H28N8O5/c1-36-21-13-18(14-22(37-2)23(21)38-3)29-25-27-15-28-26(31-25)30-19-10-5-6-11-20(19)33-34-32-17-9-7-8-16(12-17)24(35)39-4/h5-15,32-34H,1-4H3,(H2,27,28,29,30,31). The summed E-state index contributed by atoms with van der Waals surface area (Å²) in [6.07, 6.45) is 1.39. The molecule has 4 rings (SSSR count). The second kappa shape index (κ2) is 12.8. The average molecular weight is 533 g/mol. The van der Waals surface area contributed by atoms with E-state index in [4.69, 9.17) is 18.9 Å². The molecule has 3 aromatic carbocycles. The fourth-order valence-electron chi connectivity index (χ4n) is 3.53. The maximum absolute atomic E-state index is 11.8. The molecule has 0 aliphatic rings. The van der Waals surface area contributed by atoms with E-state index in [0.29, 0.717) is 57.5 Å². The van der Waals surface area contributed by atoms with Crippen LogP contribution in [0.15, 0.2) is 67.0 Å². The molecule has 0 radical (unpaired) electrons. The lowest BCUT2D eigenvalue weighted by Gasteiger charge is -2.16. The number of aromatic nitrogens is 3. The van der Waals surface area contributed by atoms with Crippen molar-refractivity contribution in [3.8, 4) is 17.2 Å². The van der Waals surface area contributed by atoms with Gasteiger partial charge in [0, 0.05) is 17.8 Å². The third kappa shape index (κ3) is 6.72. The van der Waals surface area contributed by atoms with Crippen molar-refractivity contribution in [2.75, 3.05) is 49.9 Å². The molecule has 13 nitrogen and oxygen atoms in total. The fraction of sp³-hybridized carbons (Fsp3) is 0.154. The number of carbonyl (C=O) groups excluding carboxylic acids is 1. The number of anilines is 6. The number of para-hydroxylation sites is 2. The molecule has 202 valence electrons. The Bertz CT molecular complexity index is 1410. The highest BCUT2D eigenvalue weighted by molar-refractivity contribution is 5.90. The Morgan fingerprint density at radius 1 is 0.718 bits per heavy atom. The van der Waals surface area contributed by atoms with Crippen LogP contribution in [0.4, 0.5) is 34.6 Å². The van der Waals surface area contributed by atoms with Crippen molar-refractivity contribution in [3.05, 3.63) is 72.6 Å². The van der Waals surface area contributed by atoms with Gasteiger partial charge in [-0.1, -0.05) is 18.2 Å². The van der Waals surface area contributed by atoms with Gasteiger partial charge in [0.2, 0.25) is 17.6 Å². The zero-order chi connectivity index (χ0) is 27.6. The van der Waals surface area contributed by atoms with Gasteiger partial charge in [0.1, 0.15) is 6.33 Å². The van der Waals surface area contributed by atoms with Gasteiger partial charge in [-0.3, -0.25) is 0 Å². The first-order chi connectivity index (χ1) is 19.0. The first-order valence-electron chi connectivity index (χ1n) is 11.6. The van der Waals surface area contributed by atoms with Gasteiger partial charge in [-0.15, -0.1) is 5.53 Å². The molecule has 0 aliphatic carbocycles. The van der Waals surface area contributed by atoms with Crippen LogP contribution < -0.4 is 41.2 Å². The SMILES string of the molecule is COC(=O)c1cccc(NNNc2ccccc2Nc2ncnc(Nc3cc(OC)c(OC)c(OC)c3)n2)c1. The molecule has 0 saturated carbocycles. The molecule has 0 spiro atoms. The van der Waals surface area contributed by atoms with Crippen LogP contribution in [0.25, 0.3) is 0 Å². The number of methoxy groups -OCH3 is 4. The summed E-state index contributed by atoms with van der Waals surface area (Å²) >= 11 is 0. The van der Waals surface area contributed by atoms with E-state index in [9.17, 15) is 4.79 Å². The van der Waals surface area contributed by atoms with Crippen LogP contribution in [0.5, 0.6) is 17.2 Å². The van der Waals surface area contributed by atoms with Crippen molar-refractivity contribution in [1.29, 1.82) is 0 Å². The van der Waals surface area contributed by atoms with Gasteiger partial charge >= 0.3 is 5.97 Å². The molecule has 1 aromatic heterocycles. The number of rotatable bonds is 12. The molecule has 1 heterocycles. The second-order valence-corrected chi connectivity index (χ2v) is 7.79. The third-order valence-electron chi connectivity index (χ3n) is 5.35. The van der Waals surface area contributed by atoms with Gasteiger partial charge in [0.05, 0.1) is 51.1 Å². The van der Waals surface area contributed by atoms with E-state index in [1.807, 2.05) is 24.3 Å². The van der Waals surface area contributed by atoms with Gasteiger partial charge in [0.25, 0.3) is 0 Å². The number of esters is 1. The summed E-state index contributed by atoms with van der Waals surface area (Å²) in [5, 5.41) is 6.31. The van der Waals surface area contributed by atoms with Gasteiger partial charge in [-0.05, 0) is 30.3 Å². The minimum absolute atomic E-state index is 0.303. The van der Waals surface area contributed by atoms with Crippen LogP contribution in [0.1, 0.15) is 10.4 Å². The van der Waals surface area contributed by atoms with Crippen molar-refractivity contribution >= 4 is 40.6 Å². The van der Waals surface area contributed by atoms with Crippen LogP contribution >= 0.6 is 0 Å². The Morgan fingerprint density at radius 2 is 1.41 bits per heavy atom.